The molecule has 1 atom stereocenters. The Labute approximate surface area is 136 Å². The van der Waals surface area contributed by atoms with E-state index < -0.39 is 6.10 Å². The van der Waals surface area contributed by atoms with E-state index >= 15 is 0 Å². The number of benzene rings is 2. The van der Waals surface area contributed by atoms with Gasteiger partial charge in [0.1, 0.15) is 0 Å². The van der Waals surface area contributed by atoms with Crippen molar-refractivity contribution < 1.29 is 5.11 Å². The predicted molar refractivity (Wildman–Crippen MR) is 91.2 cm³/mol. The molecule has 1 heterocycles. The highest BCUT2D eigenvalue weighted by atomic mass is 35.5. The molecule has 0 aliphatic carbocycles. The molecule has 3 heteroatoms. The number of aliphatic hydroxyl groups is 1. The minimum Gasteiger partial charge on any atom is -0.387 e. The molecule has 0 amide bonds. The Hall–Kier alpha value is -2.16. The van der Waals surface area contributed by atoms with Crippen LogP contribution >= 0.6 is 12.4 Å². The van der Waals surface area contributed by atoms with Crippen molar-refractivity contribution in [3.05, 3.63) is 102 Å². The van der Waals surface area contributed by atoms with Crippen LogP contribution in [0.3, 0.4) is 0 Å². The third-order valence-corrected chi connectivity index (χ3v) is 3.66. The molecular weight excluding hydrogens is 294 g/mol. The fraction of sp³-hybridized carbons (Fsp3) is 0.105. The third kappa shape index (κ3) is 3.53. The number of hydrogen-bond acceptors (Lipinski definition) is 2. The smallest absolute Gasteiger partial charge is 0.0913 e. The van der Waals surface area contributed by atoms with E-state index in [1.54, 1.807) is 12.4 Å². The lowest BCUT2D eigenvalue weighted by Gasteiger charge is -2.24. The molecule has 2 aromatic carbocycles. The van der Waals surface area contributed by atoms with Gasteiger partial charge in [0, 0.05) is 18.3 Å². The lowest BCUT2D eigenvalue weighted by Crippen LogP contribution is -2.12. The Morgan fingerprint density at radius 3 is 1.64 bits per heavy atom. The van der Waals surface area contributed by atoms with Gasteiger partial charge in [0.05, 0.1) is 6.10 Å². The molecule has 1 aromatic heterocycles. The molecule has 2 nitrogen and oxygen atoms in total. The second-order valence-corrected chi connectivity index (χ2v) is 5.03. The first-order chi connectivity index (χ1) is 10.4. The fourth-order valence-corrected chi connectivity index (χ4v) is 2.62. The first kappa shape index (κ1) is 16.2. The van der Waals surface area contributed by atoms with E-state index in [9.17, 15) is 5.11 Å². The Morgan fingerprint density at radius 1 is 0.682 bits per heavy atom. The van der Waals surface area contributed by atoms with Crippen LogP contribution in [0.25, 0.3) is 0 Å². The van der Waals surface area contributed by atoms with Crippen LogP contribution in [0.2, 0.25) is 0 Å². The zero-order valence-corrected chi connectivity index (χ0v) is 12.9. The van der Waals surface area contributed by atoms with E-state index in [2.05, 4.69) is 29.2 Å². The molecule has 112 valence electrons. The maximum Gasteiger partial charge on any atom is 0.0913 e. The number of nitrogens with zero attached hydrogens (tertiary/aromatic N) is 1. The van der Waals surface area contributed by atoms with Crippen molar-refractivity contribution in [3.8, 4) is 0 Å². The van der Waals surface area contributed by atoms with Gasteiger partial charge in [-0.1, -0.05) is 66.7 Å². The van der Waals surface area contributed by atoms with Gasteiger partial charge in [-0.3, -0.25) is 4.98 Å². The average Bonchev–Trinajstić information content (AvgIpc) is 2.58. The number of pyridine rings is 1. The summed E-state index contributed by atoms with van der Waals surface area (Å²) in [7, 11) is 0. The van der Waals surface area contributed by atoms with Gasteiger partial charge < -0.3 is 5.11 Å². The Kier molecular flexibility index (Phi) is 5.70. The summed E-state index contributed by atoms with van der Waals surface area (Å²) in [5.41, 5.74) is 3.02. The van der Waals surface area contributed by atoms with Gasteiger partial charge in [0.25, 0.3) is 0 Å². The monoisotopic (exact) mass is 311 g/mol. The number of halogens is 1. The summed E-state index contributed by atoms with van der Waals surface area (Å²) in [5.74, 6) is -0.100. The molecule has 3 rings (SSSR count). The van der Waals surface area contributed by atoms with Crippen molar-refractivity contribution in [3.63, 3.8) is 0 Å². The van der Waals surface area contributed by atoms with E-state index in [1.165, 1.54) is 0 Å². The summed E-state index contributed by atoms with van der Waals surface area (Å²) in [6.07, 6.45) is 2.82. The number of hydrogen-bond donors (Lipinski definition) is 1. The predicted octanol–water partition coefficient (Wildman–Crippen LogP) is 4.37. The van der Waals surface area contributed by atoms with Crippen LogP contribution in [0, 0.1) is 0 Å². The standard InChI is InChI=1S/C19H17NO.ClH/c21-19(17-12-7-13-20-14-17)18(15-8-3-1-4-9-15)16-10-5-2-6-11-16;/h1-14,18-19,21H;1H. The highest BCUT2D eigenvalue weighted by molar-refractivity contribution is 5.85. The summed E-state index contributed by atoms with van der Waals surface area (Å²) in [4.78, 5) is 4.12. The van der Waals surface area contributed by atoms with Gasteiger partial charge in [0.15, 0.2) is 0 Å². The SMILES string of the molecule is Cl.OC(c1cccnc1)C(c1ccccc1)c1ccccc1. The normalized spacial score (nSPS) is 11.7. The summed E-state index contributed by atoms with van der Waals surface area (Å²) in [6.45, 7) is 0. The van der Waals surface area contributed by atoms with Gasteiger partial charge in [0.2, 0.25) is 0 Å². The van der Waals surface area contributed by atoms with Crippen molar-refractivity contribution in [2.24, 2.45) is 0 Å². The Morgan fingerprint density at radius 2 is 1.18 bits per heavy atom. The van der Waals surface area contributed by atoms with Crippen molar-refractivity contribution in [2.75, 3.05) is 0 Å². The molecule has 0 aliphatic heterocycles. The van der Waals surface area contributed by atoms with Gasteiger partial charge >= 0.3 is 0 Å². The van der Waals surface area contributed by atoms with Gasteiger partial charge in [-0.15, -0.1) is 12.4 Å². The molecule has 0 radical (unpaired) electrons. The van der Waals surface area contributed by atoms with Crippen LogP contribution in [-0.4, -0.2) is 10.1 Å². The van der Waals surface area contributed by atoms with Crippen LogP contribution in [0.4, 0.5) is 0 Å². The van der Waals surface area contributed by atoms with Crippen LogP contribution in [0.15, 0.2) is 85.2 Å². The highest BCUT2D eigenvalue weighted by Gasteiger charge is 2.24. The first-order valence-electron chi connectivity index (χ1n) is 7.04. The lowest BCUT2D eigenvalue weighted by atomic mass is 9.84. The average molecular weight is 312 g/mol. The minimum atomic E-state index is -0.622. The van der Waals surface area contributed by atoms with E-state index in [0.29, 0.717) is 0 Å². The van der Waals surface area contributed by atoms with E-state index in [1.807, 2.05) is 48.5 Å². The number of aromatic nitrogens is 1. The molecule has 22 heavy (non-hydrogen) atoms. The summed E-state index contributed by atoms with van der Waals surface area (Å²) >= 11 is 0. The lowest BCUT2D eigenvalue weighted by molar-refractivity contribution is 0.158. The largest absolute Gasteiger partial charge is 0.387 e. The van der Waals surface area contributed by atoms with Crippen molar-refractivity contribution in [2.45, 2.75) is 12.0 Å². The molecule has 1 unspecified atom stereocenters. The molecule has 1 N–H and O–H groups in total. The van der Waals surface area contributed by atoms with Crippen LogP contribution < -0.4 is 0 Å². The zero-order valence-electron chi connectivity index (χ0n) is 12.0. The molecule has 3 aromatic rings. The second-order valence-electron chi connectivity index (χ2n) is 5.03. The fourth-order valence-electron chi connectivity index (χ4n) is 2.62. The highest BCUT2D eigenvalue weighted by Crippen LogP contribution is 2.36. The summed E-state index contributed by atoms with van der Waals surface area (Å²) < 4.78 is 0. The van der Waals surface area contributed by atoms with Crippen LogP contribution in [0.1, 0.15) is 28.7 Å². The topological polar surface area (TPSA) is 33.1 Å². The summed E-state index contributed by atoms with van der Waals surface area (Å²) in [5, 5.41) is 10.8. The number of aliphatic hydroxyl groups excluding tert-OH is 1. The molecule has 0 aliphatic rings. The van der Waals surface area contributed by atoms with Crippen molar-refractivity contribution in [1.29, 1.82) is 0 Å². The molecule has 0 fully saturated rings. The van der Waals surface area contributed by atoms with Crippen molar-refractivity contribution >= 4 is 12.4 Å². The van der Waals surface area contributed by atoms with Gasteiger partial charge in [-0.2, -0.15) is 0 Å². The maximum absolute atomic E-state index is 10.8. The van der Waals surface area contributed by atoms with E-state index in [-0.39, 0.29) is 18.3 Å². The third-order valence-electron chi connectivity index (χ3n) is 3.66. The summed E-state index contributed by atoms with van der Waals surface area (Å²) in [6, 6.07) is 24.0. The van der Waals surface area contributed by atoms with Crippen molar-refractivity contribution in [1.82, 2.24) is 4.98 Å². The molecule has 0 bridgehead atoms. The molecule has 0 spiro atoms. The zero-order chi connectivity index (χ0) is 14.5. The minimum absolute atomic E-state index is 0. The maximum atomic E-state index is 10.8. The number of rotatable bonds is 4. The van der Waals surface area contributed by atoms with E-state index in [4.69, 9.17) is 0 Å². The van der Waals surface area contributed by atoms with Gasteiger partial charge in [-0.25, -0.2) is 0 Å². The molecule has 0 saturated heterocycles. The molecular formula is C19H18ClNO. The quantitative estimate of drug-likeness (QED) is 0.776. The van der Waals surface area contributed by atoms with Gasteiger partial charge in [-0.05, 0) is 22.8 Å². The van der Waals surface area contributed by atoms with Crippen LogP contribution in [0.5, 0.6) is 0 Å². The van der Waals surface area contributed by atoms with Crippen LogP contribution in [-0.2, 0) is 0 Å². The second kappa shape index (κ2) is 7.74. The van der Waals surface area contributed by atoms with E-state index in [0.717, 1.165) is 16.7 Å². The first-order valence-corrected chi connectivity index (χ1v) is 7.04. The Balaban J connectivity index is 0.00000176. The Bertz CT molecular complexity index is 634. The molecule has 0 saturated carbocycles.